The van der Waals surface area contributed by atoms with E-state index in [9.17, 15) is 0 Å². The van der Waals surface area contributed by atoms with Crippen LogP contribution >= 0.6 is 0 Å². The maximum Gasteiger partial charge on any atom is 0.0780 e. The van der Waals surface area contributed by atoms with E-state index in [1.807, 2.05) is 6.20 Å². The average Bonchev–Trinajstić information content (AvgIpc) is 3.58. The van der Waals surface area contributed by atoms with Gasteiger partial charge in [0.25, 0.3) is 0 Å². The molecule has 6 rings (SSSR count). The standard InChI is InChI=1S/C33H41N/c1-33(2)16-13-25(14-17-33)26-11-12-31-27(19-26)15-18-34-32(31)30-21-28(23-7-3-4-8-23)20-29(22-30)24-9-5-6-10-24/h11-12,15,18-25H,3-10,13-14,16-17H2,1-2H3. The van der Waals surface area contributed by atoms with Gasteiger partial charge in [-0.2, -0.15) is 0 Å². The van der Waals surface area contributed by atoms with E-state index in [4.69, 9.17) is 4.98 Å². The predicted molar refractivity (Wildman–Crippen MR) is 145 cm³/mol. The Morgan fingerprint density at radius 3 is 1.85 bits per heavy atom. The molecule has 2 aromatic carbocycles. The molecule has 1 nitrogen and oxygen atoms in total. The van der Waals surface area contributed by atoms with Gasteiger partial charge in [0.05, 0.1) is 5.69 Å². The van der Waals surface area contributed by atoms with Gasteiger partial charge in [0.2, 0.25) is 0 Å². The minimum atomic E-state index is 0.520. The Bertz CT molecular complexity index is 1120. The molecular weight excluding hydrogens is 410 g/mol. The van der Waals surface area contributed by atoms with Crippen LogP contribution in [-0.2, 0) is 0 Å². The molecule has 0 amide bonds. The molecule has 3 aliphatic rings. The van der Waals surface area contributed by atoms with Crippen LogP contribution in [0.25, 0.3) is 22.0 Å². The van der Waals surface area contributed by atoms with Crippen LogP contribution in [0.5, 0.6) is 0 Å². The third-order valence-corrected chi connectivity index (χ3v) is 9.50. The largest absolute Gasteiger partial charge is 0.256 e. The van der Waals surface area contributed by atoms with Crippen molar-refractivity contribution in [1.29, 1.82) is 0 Å². The fourth-order valence-electron chi connectivity index (χ4n) is 7.22. The van der Waals surface area contributed by atoms with Crippen molar-refractivity contribution < 1.29 is 0 Å². The Hall–Kier alpha value is -2.15. The van der Waals surface area contributed by atoms with Crippen LogP contribution in [0.15, 0.2) is 48.7 Å². The first-order valence-corrected chi connectivity index (χ1v) is 14.1. The molecular formula is C33H41N. The van der Waals surface area contributed by atoms with Crippen LogP contribution in [0.2, 0.25) is 0 Å². The van der Waals surface area contributed by atoms with Crippen LogP contribution in [0.1, 0.15) is 125 Å². The maximum atomic E-state index is 4.97. The molecule has 0 unspecified atom stereocenters. The lowest BCUT2D eigenvalue weighted by atomic mass is 9.71. The van der Waals surface area contributed by atoms with Crippen LogP contribution in [0.4, 0.5) is 0 Å². The fourth-order valence-corrected chi connectivity index (χ4v) is 7.22. The second-order valence-corrected chi connectivity index (χ2v) is 12.4. The Morgan fingerprint density at radius 1 is 0.647 bits per heavy atom. The fraction of sp³-hybridized carbons (Fsp3) is 0.545. The van der Waals surface area contributed by atoms with Crippen molar-refractivity contribution in [2.75, 3.05) is 0 Å². The van der Waals surface area contributed by atoms with Crippen molar-refractivity contribution in [1.82, 2.24) is 4.98 Å². The smallest absolute Gasteiger partial charge is 0.0780 e. The summed E-state index contributed by atoms with van der Waals surface area (Å²) in [7, 11) is 0. The minimum Gasteiger partial charge on any atom is -0.256 e. The predicted octanol–water partition coefficient (Wildman–Crippen LogP) is 9.90. The summed E-state index contributed by atoms with van der Waals surface area (Å²) in [6.45, 7) is 4.86. The topological polar surface area (TPSA) is 12.9 Å². The van der Waals surface area contributed by atoms with Gasteiger partial charge in [-0.25, -0.2) is 0 Å². The third kappa shape index (κ3) is 4.43. The molecule has 0 bridgehead atoms. The summed E-state index contributed by atoms with van der Waals surface area (Å²) in [6, 6.07) is 17.1. The summed E-state index contributed by atoms with van der Waals surface area (Å²) in [5.74, 6) is 2.21. The summed E-state index contributed by atoms with van der Waals surface area (Å²) in [5, 5.41) is 2.68. The number of hydrogen-bond donors (Lipinski definition) is 0. The van der Waals surface area contributed by atoms with E-state index >= 15 is 0 Å². The summed E-state index contributed by atoms with van der Waals surface area (Å²) >= 11 is 0. The van der Waals surface area contributed by atoms with Gasteiger partial charge >= 0.3 is 0 Å². The molecule has 178 valence electrons. The molecule has 34 heavy (non-hydrogen) atoms. The van der Waals surface area contributed by atoms with E-state index in [-0.39, 0.29) is 0 Å². The molecule has 1 heterocycles. The number of pyridine rings is 1. The van der Waals surface area contributed by atoms with Crippen LogP contribution in [0.3, 0.4) is 0 Å². The minimum absolute atomic E-state index is 0.520. The second-order valence-electron chi connectivity index (χ2n) is 12.4. The average molecular weight is 452 g/mol. The highest BCUT2D eigenvalue weighted by Crippen LogP contribution is 2.44. The monoisotopic (exact) mass is 451 g/mol. The molecule has 0 saturated heterocycles. The number of nitrogens with zero attached hydrogens (tertiary/aromatic N) is 1. The van der Waals surface area contributed by atoms with Crippen molar-refractivity contribution in [3.05, 3.63) is 65.4 Å². The molecule has 1 heteroatoms. The van der Waals surface area contributed by atoms with Gasteiger partial charge in [-0.05, 0) is 115 Å². The van der Waals surface area contributed by atoms with Gasteiger partial charge in [0.1, 0.15) is 0 Å². The zero-order chi connectivity index (χ0) is 23.1. The number of benzene rings is 2. The van der Waals surface area contributed by atoms with Crippen molar-refractivity contribution in [2.45, 2.75) is 109 Å². The highest BCUT2D eigenvalue weighted by molar-refractivity contribution is 5.95. The SMILES string of the molecule is CC1(C)CCC(c2ccc3c(-c4cc(C5CCCC5)cc(C5CCCC5)c4)nccc3c2)CC1. The lowest BCUT2D eigenvalue weighted by molar-refractivity contribution is 0.224. The van der Waals surface area contributed by atoms with Crippen LogP contribution in [-0.4, -0.2) is 4.98 Å². The lowest BCUT2D eigenvalue weighted by Crippen LogP contribution is -2.20. The van der Waals surface area contributed by atoms with Crippen LogP contribution < -0.4 is 0 Å². The molecule has 0 aliphatic heterocycles. The highest BCUT2D eigenvalue weighted by Gasteiger charge is 2.28. The first-order chi connectivity index (χ1) is 16.6. The summed E-state index contributed by atoms with van der Waals surface area (Å²) < 4.78 is 0. The van der Waals surface area contributed by atoms with Gasteiger partial charge in [-0.15, -0.1) is 0 Å². The van der Waals surface area contributed by atoms with Crippen molar-refractivity contribution in [3.63, 3.8) is 0 Å². The highest BCUT2D eigenvalue weighted by atomic mass is 14.7. The Kier molecular flexibility index (Phi) is 6.00. The maximum absolute atomic E-state index is 4.97. The third-order valence-electron chi connectivity index (χ3n) is 9.50. The molecule has 3 fully saturated rings. The second kappa shape index (κ2) is 9.14. The number of hydrogen-bond acceptors (Lipinski definition) is 1. The summed E-state index contributed by atoms with van der Waals surface area (Å²) in [6.07, 6.45) is 18.4. The molecule has 0 radical (unpaired) electrons. The first-order valence-electron chi connectivity index (χ1n) is 14.1. The quantitative estimate of drug-likeness (QED) is 0.384. The van der Waals surface area contributed by atoms with Gasteiger partial charge in [-0.3, -0.25) is 4.98 Å². The van der Waals surface area contributed by atoms with Crippen molar-refractivity contribution in [3.8, 4) is 11.3 Å². The van der Waals surface area contributed by atoms with Gasteiger partial charge in [-0.1, -0.05) is 63.8 Å². The molecule has 0 N–H and O–H groups in total. The van der Waals surface area contributed by atoms with E-state index in [1.54, 1.807) is 11.1 Å². The Morgan fingerprint density at radius 2 is 1.24 bits per heavy atom. The van der Waals surface area contributed by atoms with E-state index in [1.165, 1.54) is 105 Å². The number of fused-ring (bicyclic) bond motifs is 1. The van der Waals surface area contributed by atoms with E-state index in [2.05, 4.69) is 56.3 Å². The van der Waals surface area contributed by atoms with Gasteiger partial charge in [0.15, 0.2) is 0 Å². The molecule has 0 atom stereocenters. The van der Waals surface area contributed by atoms with E-state index < -0.39 is 0 Å². The molecule has 3 aromatic rings. The zero-order valence-corrected chi connectivity index (χ0v) is 21.3. The first kappa shape index (κ1) is 22.3. The lowest BCUT2D eigenvalue weighted by Gasteiger charge is -2.34. The summed E-state index contributed by atoms with van der Waals surface area (Å²) in [5.41, 5.74) is 7.75. The van der Waals surface area contributed by atoms with Crippen LogP contribution in [0, 0.1) is 5.41 Å². The Balaban J connectivity index is 1.38. The van der Waals surface area contributed by atoms with E-state index in [0.717, 1.165) is 11.8 Å². The zero-order valence-electron chi connectivity index (χ0n) is 21.3. The Labute approximate surface area is 206 Å². The van der Waals surface area contributed by atoms with E-state index in [0.29, 0.717) is 11.3 Å². The number of aromatic nitrogens is 1. The van der Waals surface area contributed by atoms with Gasteiger partial charge in [0, 0.05) is 17.1 Å². The van der Waals surface area contributed by atoms with Crippen molar-refractivity contribution in [2.24, 2.45) is 5.41 Å². The van der Waals surface area contributed by atoms with Gasteiger partial charge < -0.3 is 0 Å². The summed E-state index contributed by atoms with van der Waals surface area (Å²) in [4.78, 5) is 4.97. The molecule has 0 spiro atoms. The normalized spacial score (nSPS) is 22.1. The molecule has 3 aliphatic carbocycles. The molecule has 3 saturated carbocycles. The number of rotatable bonds is 4. The molecule has 1 aromatic heterocycles. The van der Waals surface area contributed by atoms with Crippen molar-refractivity contribution >= 4 is 10.8 Å².